The van der Waals surface area contributed by atoms with E-state index in [-0.39, 0.29) is 11.7 Å². The summed E-state index contributed by atoms with van der Waals surface area (Å²) in [6, 6.07) is 9.86. The van der Waals surface area contributed by atoms with Crippen molar-refractivity contribution in [3.05, 3.63) is 35.9 Å². The number of nitrogens with zero attached hydrogens (tertiary/aromatic N) is 2. The highest BCUT2D eigenvalue weighted by atomic mass is 16.2. The Hall–Kier alpha value is -1.68. The van der Waals surface area contributed by atoms with E-state index in [2.05, 4.69) is 4.90 Å². The highest BCUT2D eigenvalue weighted by molar-refractivity contribution is 5.79. The molecule has 0 unspecified atom stereocenters. The Labute approximate surface area is 120 Å². The molecule has 1 fully saturated rings. The monoisotopic (exact) mass is 274 g/mol. The molecule has 20 heavy (non-hydrogen) atoms. The lowest BCUT2D eigenvalue weighted by molar-refractivity contribution is -0.132. The number of Topliss-reactive ketones (excluding diaryl/α,β-unsaturated/α-hetero) is 1. The first-order valence-corrected chi connectivity index (χ1v) is 7.18. The van der Waals surface area contributed by atoms with Crippen molar-refractivity contribution < 1.29 is 9.59 Å². The van der Waals surface area contributed by atoms with Crippen LogP contribution in [0.4, 0.5) is 0 Å². The summed E-state index contributed by atoms with van der Waals surface area (Å²) in [6.07, 6.45) is 1.09. The van der Waals surface area contributed by atoms with Crippen molar-refractivity contribution in [2.45, 2.75) is 19.8 Å². The number of benzene rings is 1. The Morgan fingerprint density at radius 1 is 1.05 bits per heavy atom. The predicted molar refractivity (Wildman–Crippen MR) is 78.5 cm³/mol. The van der Waals surface area contributed by atoms with Gasteiger partial charge in [-0.15, -0.1) is 0 Å². The fourth-order valence-electron chi connectivity index (χ4n) is 2.42. The molecule has 0 N–H and O–H groups in total. The van der Waals surface area contributed by atoms with Crippen molar-refractivity contribution in [1.82, 2.24) is 9.80 Å². The maximum atomic E-state index is 12.2. The fourth-order valence-corrected chi connectivity index (χ4v) is 2.42. The van der Waals surface area contributed by atoms with E-state index in [9.17, 15) is 9.59 Å². The van der Waals surface area contributed by atoms with E-state index in [1.165, 1.54) is 0 Å². The van der Waals surface area contributed by atoms with Crippen LogP contribution in [-0.2, 0) is 16.0 Å². The van der Waals surface area contributed by atoms with Gasteiger partial charge in [-0.05, 0) is 12.5 Å². The average Bonchev–Trinajstić information content (AvgIpc) is 2.46. The number of amides is 1. The third kappa shape index (κ3) is 4.46. The van der Waals surface area contributed by atoms with E-state index in [0.29, 0.717) is 12.8 Å². The number of ketones is 1. The number of piperazine rings is 1. The van der Waals surface area contributed by atoms with Gasteiger partial charge in [-0.3, -0.25) is 14.5 Å². The molecule has 1 heterocycles. The zero-order chi connectivity index (χ0) is 14.4. The van der Waals surface area contributed by atoms with Gasteiger partial charge in [-0.25, -0.2) is 0 Å². The van der Waals surface area contributed by atoms with Crippen LogP contribution in [0.5, 0.6) is 0 Å². The second-order valence-electron chi connectivity index (χ2n) is 5.34. The van der Waals surface area contributed by atoms with Crippen molar-refractivity contribution in [2.24, 2.45) is 0 Å². The highest BCUT2D eigenvalue weighted by Crippen LogP contribution is 2.07. The van der Waals surface area contributed by atoms with Crippen LogP contribution in [0.25, 0.3) is 0 Å². The molecule has 1 aliphatic rings. The van der Waals surface area contributed by atoms with Gasteiger partial charge in [0.15, 0.2) is 0 Å². The molecule has 1 aromatic rings. The number of rotatable bonds is 5. The molecule has 4 nitrogen and oxygen atoms in total. The quantitative estimate of drug-likeness (QED) is 0.814. The Morgan fingerprint density at radius 3 is 2.30 bits per heavy atom. The summed E-state index contributed by atoms with van der Waals surface area (Å²) in [4.78, 5) is 27.4. The van der Waals surface area contributed by atoms with Crippen LogP contribution in [0, 0.1) is 0 Å². The number of hydrogen-bond donors (Lipinski definition) is 0. The molecule has 0 spiro atoms. The molecule has 1 saturated heterocycles. The lowest BCUT2D eigenvalue weighted by Gasteiger charge is -2.34. The summed E-state index contributed by atoms with van der Waals surface area (Å²) in [7, 11) is 0. The zero-order valence-corrected chi connectivity index (χ0v) is 12.0. The van der Waals surface area contributed by atoms with E-state index in [0.717, 1.165) is 38.3 Å². The topological polar surface area (TPSA) is 40.6 Å². The van der Waals surface area contributed by atoms with Crippen LogP contribution in [-0.4, -0.2) is 54.2 Å². The van der Waals surface area contributed by atoms with E-state index in [4.69, 9.17) is 0 Å². The third-order valence-electron chi connectivity index (χ3n) is 3.70. The first-order valence-electron chi connectivity index (χ1n) is 7.18. The van der Waals surface area contributed by atoms with Crippen LogP contribution in [0.1, 0.15) is 18.9 Å². The molecule has 0 aromatic heterocycles. The van der Waals surface area contributed by atoms with Crippen molar-refractivity contribution in [2.75, 3.05) is 32.7 Å². The summed E-state index contributed by atoms with van der Waals surface area (Å²) in [5.74, 6) is 0.426. The van der Waals surface area contributed by atoms with Gasteiger partial charge in [0.05, 0.1) is 6.42 Å². The van der Waals surface area contributed by atoms with Gasteiger partial charge in [0, 0.05) is 39.1 Å². The van der Waals surface area contributed by atoms with E-state index in [1.807, 2.05) is 35.2 Å². The van der Waals surface area contributed by atoms with Crippen molar-refractivity contribution in [3.8, 4) is 0 Å². The number of carbonyl (C=O) groups excluding carboxylic acids is 2. The molecule has 0 bridgehead atoms. The molecule has 1 aromatic carbocycles. The molecule has 0 atom stereocenters. The molecular weight excluding hydrogens is 252 g/mol. The molecule has 2 rings (SSSR count). The minimum Gasteiger partial charge on any atom is -0.340 e. The largest absolute Gasteiger partial charge is 0.340 e. The van der Waals surface area contributed by atoms with Gasteiger partial charge >= 0.3 is 0 Å². The van der Waals surface area contributed by atoms with Crippen LogP contribution < -0.4 is 0 Å². The van der Waals surface area contributed by atoms with Crippen molar-refractivity contribution >= 4 is 11.7 Å². The summed E-state index contributed by atoms with van der Waals surface area (Å²) in [5, 5.41) is 0. The molecule has 4 heteroatoms. The van der Waals surface area contributed by atoms with Crippen LogP contribution in [0.15, 0.2) is 30.3 Å². The van der Waals surface area contributed by atoms with E-state index in [1.54, 1.807) is 6.92 Å². The Kier molecular flexibility index (Phi) is 5.30. The average molecular weight is 274 g/mol. The molecule has 1 amide bonds. The molecule has 0 aliphatic carbocycles. The van der Waals surface area contributed by atoms with Gasteiger partial charge in [-0.1, -0.05) is 30.3 Å². The smallest absolute Gasteiger partial charge is 0.227 e. The third-order valence-corrected chi connectivity index (χ3v) is 3.70. The Bertz CT molecular complexity index is 451. The SMILES string of the molecule is CC(=O)CCN1CCN(C(=O)Cc2ccccc2)CC1. The first-order chi connectivity index (χ1) is 9.65. The fraction of sp³-hybridized carbons (Fsp3) is 0.500. The minimum atomic E-state index is 0.197. The molecule has 0 saturated carbocycles. The maximum Gasteiger partial charge on any atom is 0.227 e. The lowest BCUT2D eigenvalue weighted by Crippen LogP contribution is -2.49. The first kappa shape index (κ1) is 14.7. The van der Waals surface area contributed by atoms with Crippen molar-refractivity contribution in [3.63, 3.8) is 0 Å². The Balaban J connectivity index is 1.76. The number of carbonyl (C=O) groups is 2. The second kappa shape index (κ2) is 7.20. The molecule has 0 radical (unpaired) electrons. The maximum absolute atomic E-state index is 12.2. The van der Waals surface area contributed by atoms with Gasteiger partial charge in [0.2, 0.25) is 5.91 Å². The standard InChI is InChI=1S/C16H22N2O2/c1-14(19)7-8-17-9-11-18(12-10-17)16(20)13-15-5-3-2-4-6-15/h2-6H,7-13H2,1H3. The number of hydrogen-bond acceptors (Lipinski definition) is 3. The van der Waals surface area contributed by atoms with E-state index < -0.39 is 0 Å². The summed E-state index contributed by atoms with van der Waals surface area (Å²) in [6.45, 7) is 5.71. The lowest BCUT2D eigenvalue weighted by atomic mass is 10.1. The molecule has 1 aliphatic heterocycles. The summed E-state index contributed by atoms with van der Waals surface area (Å²) >= 11 is 0. The van der Waals surface area contributed by atoms with Gasteiger partial charge in [0.25, 0.3) is 0 Å². The second-order valence-corrected chi connectivity index (χ2v) is 5.34. The highest BCUT2D eigenvalue weighted by Gasteiger charge is 2.20. The van der Waals surface area contributed by atoms with Gasteiger partial charge in [-0.2, -0.15) is 0 Å². The minimum absolute atomic E-state index is 0.197. The van der Waals surface area contributed by atoms with Crippen LogP contribution >= 0.6 is 0 Å². The zero-order valence-electron chi connectivity index (χ0n) is 12.0. The Morgan fingerprint density at radius 2 is 1.70 bits per heavy atom. The molecular formula is C16H22N2O2. The predicted octanol–water partition coefficient (Wildman–Crippen LogP) is 1.35. The van der Waals surface area contributed by atoms with Gasteiger partial charge in [0.1, 0.15) is 5.78 Å². The van der Waals surface area contributed by atoms with Crippen LogP contribution in [0.2, 0.25) is 0 Å². The van der Waals surface area contributed by atoms with Crippen molar-refractivity contribution in [1.29, 1.82) is 0 Å². The van der Waals surface area contributed by atoms with E-state index >= 15 is 0 Å². The van der Waals surface area contributed by atoms with Gasteiger partial charge < -0.3 is 4.90 Å². The summed E-state index contributed by atoms with van der Waals surface area (Å²) in [5.41, 5.74) is 1.07. The summed E-state index contributed by atoms with van der Waals surface area (Å²) < 4.78 is 0. The molecule has 108 valence electrons. The normalized spacial score (nSPS) is 16.1. The van der Waals surface area contributed by atoms with Crippen LogP contribution in [0.3, 0.4) is 0 Å².